The van der Waals surface area contributed by atoms with Crippen molar-refractivity contribution in [2.24, 2.45) is 5.10 Å². The van der Waals surface area contributed by atoms with Crippen LogP contribution in [0.3, 0.4) is 0 Å². The third kappa shape index (κ3) is 4.61. The summed E-state index contributed by atoms with van der Waals surface area (Å²) in [5, 5.41) is 18.8. The number of hydrazone groups is 1. The van der Waals surface area contributed by atoms with Gasteiger partial charge in [-0.3, -0.25) is 4.79 Å². The Bertz CT molecular complexity index is 1260. The Morgan fingerprint density at radius 2 is 2.03 bits per heavy atom. The lowest BCUT2D eigenvalue weighted by atomic mass is 10.2. The second kappa shape index (κ2) is 9.08. The van der Waals surface area contributed by atoms with Crippen molar-refractivity contribution in [3.05, 3.63) is 76.6 Å². The summed E-state index contributed by atoms with van der Waals surface area (Å²) >= 11 is 0. The lowest BCUT2D eigenvalue weighted by Gasteiger charge is -2.07. The van der Waals surface area contributed by atoms with E-state index in [2.05, 4.69) is 35.8 Å². The maximum atomic E-state index is 12.4. The smallest absolute Gasteiger partial charge is 0.293 e. The van der Waals surface area contributed by atoms with E-state index in [0.717, 1.165) is 11.1 Å². The van der Waals surface area contributed by atoms with Crippen LogP contribution in [0.5, 0.6) is 5.75 Å². The highest BCUT2D eigenvalue weighted by molar-refractivity contribution is 5.94. The highest BCUT2D eigenvalue weighted by Crippen LogP contribution is 2.16. The minimum absolute atomic E-state index is 0.0347. The summed E-state index contributed by atoms with van der Waals surface area (Å²) in [7, 11) is 0. The maximum Gasteiger partial charge on any atom is 0.293 e. The number of aromatic nitrogens is 5. The molecule has 3 N–H and O–H groups in total. The van der Waals surface area contributed by atoms with Gasteiger partial charge in [0.15, 0.2) is 5.69 Å². The number of amides is 1. The summed E-state index contributed by atoms with van der Waals surface area (Å²) < 4.78 is 11.6. The van der Waals surface area contributed by atoms with Gasteiger partial charge in [-0.1, -0.05) is 47.2 Å². The molecule has 0 aliphatic heterocycles. The molecule has 0 atom stereocenters. The molecule has 0 bridgehead atoms. The van der Waals surface area contributed by atoms with Crippen molar-refractivity contribution in [3.8, 4) is 11.6 Å². The number of benzene rings is 2. The first kappa shape index (κ1) is 20.7. The first-order valence-corrected chi connectivity index (χ1v) is 9.64. The summed E-state index contributed by atoms with van der Waals surface area (Å²) in [4.78, 5) is 12.4. The van der Waals surface area contributed by atoms with Crippen LogP contribution in [0.2, 0.25) is 0 Å². The number of rotatable bonds is 7. The Labute approximate surface area is 182 Å². The molecule has 0 saturated heterocycles. The Morgan fingerprint density at radius 3 is 2.78 bits per heavy atom. The van der Waals surface area contributed by atoms with E-state index in [9.17, 15) is 4.79 Å². The van der Waals surface area contributed by atoms with E-state index in [1.165, 1.54) is 16.5 Å². The average Bonchev–Trinajstić information content (AvgIpc) is 3.38. The number of nitrogens with one attached hydrogen (secondary N) is 1. The largest absolute Gasteiger partial charge is 0.489 e. The normalized spacial score (nSPS) is 11.1. The molecule has 2 aromatic carbocycles. The number of hydrogen-bond donors (Lipinski definition) is 2. The van der Waals surface area contributed by atoms with Gasteiger partial charge in [0.25, 0.3) is 5.91 Å². The lowest BCUT2D eigenvalue weighted by molar-refractivity contribution is 0.0949. The van der Waals surface area contributed by atoms with Gasteiger partial charge in [-0.25, -0.2) is 10.1 Å². The molecule has 4 rings (SSSR count). The number of nitrogens with two attached hydrogens (primary N) is 1. The van der Waals surface area contributed by atoms with E-state index in [-0.39, 0.29) is 17.3 Å². The number of aryl methyl sites for hydroxylation is 1. The molecule has 162 valence electrons. The van der Waals surface area contributed by atoms with E-state index in [1.807, 2.05) is 55.5 Å². The van der Waals surface area contributed by atoms with Crippen molar-refractivity contribution >= 4 is 17.9 Å². The zero-order chi connectivity index (χ0) is 22.5. The predicted molar refractivity (Wildman–Crippen MR) is 115 cm³/mol. The highest BCUT2D eigenvalue weighted by Gasteiger charge is 2.20. The van der Waals surface area contributed by atoms with Crippen molar-refractivity contribution in [2.75, 3.05) is 5.73 Å². The minimum atomic E-state index is -0.535. The summed E-state index contributed by atoms with van der Waals surface area (Å²) in [5.41, 5.74) is 11.6. The molecule has 11 heteroatoms. The van der Waals surface area contributed by atoms with Crippen LogP contribution in [-0.2, 0) is 6.61 Å². The molecule has 0 saturated carbocycles. The van der Waals surface area contributed by atoms with Crippen LogP contribution >= 0.6 is 0 Å². The number of hydrogen-bond acceptors (Lipinski definition) is 9. The van der Waals surface area contributed by atoms with Gasteiger partial charge in [-0.05, 0) is 47.4 Å². The molecular formula is C21H20N8O3. The fourth-order valence-electron chi connectivity index (χ4n) is 2.83. The number of nitrogens with zero attached hydrogens (tertiary/aromatic N) is 6. The van der Waals surface area contributed by atoms with E-state index < -0.39 is 5.91 Å². The van der Waals surface area contributed by atoms with Crippen LogP contribution in [0.1, 0.15) is 32.9 Å². The van der Waals surface area contributed by atoms with Gasteiger partial charge in [-0.15, -0.1) is 5.10 Å². The van der Waals surface area contributed by atoms with Gasteiger partial charge in [0, 0.05) is 0 Å². The molecule has 0 aliphatic carbocycles. The van der Waals surface area contributed by atoms with Gasteiger partial charge >= 0.3 is 0 Å². The van der Waals surface area contributed by atoms with Crippen molar-refractivity contribution in [2.45, 2.75) is 20.5 Å². The van der Waals surface area contributed by atoms with Crippen molar-refractivity contribution < 1.29 is 14.2 Å². The van der Waals surface area contributed by atoms with Gasteiger partial charge < -0.3 is 10.5 Å². The number of carbonyl (C=O) groups is 1. The second-order valence-electron chi connectivity index (χ2n) is 6.95. The first-order chi connectivity index (χ1) is 15.5. The Balaban J connectivity index is 1.37. The molecule has 0 unspecified atom stereocenters. The fourth-order valence-corrected chi connectivity index (χ4v) is 2.83. The van der Waals surface area contributed by atoms with Gasteiger partial charge in [-0.2, -0.15) is 9.78 Å². The molecule has 0 spiro atoms. The molecule has 32 heavy (non-hydrogen) atoms. The molecule has 0 fully saturated rings. The molecule has 2 aromatic heterocycles. The second-order valence-corrected chi connectivity index (χ2v) is 6.95. The van der Waals surface area contributed by atoms with E-state index >= 15 is 0 Å². The summed E-state index contributed by atoms with van der Waals surface area (Å²) in [6.07, 6.45) is 1.51. The number of carbonyl (C=O) groups excluding carboxylic acids is 1. The fraction of sp³-hybridized carbons (Fsp3) is 0.143. The Morgan fingerprint density at radius 1 is 1.22 bits per heavy atom. The molecule has 11 nitrogen and oxygen atoms in total. The quantitative estimate of drug-likeness (QED) is 0.334. The zero-order valence-electron chi connectivity index (χ0n) is 17.4. The zero-order valence-corrected chi connectivity index (χ0v) is 17.4. The molecule has 1 amide bonds. The lowest BCUT2D eigenvalue weighted by Crippen LogP contribution is -2.19. The van der Waals surface area contributed by atoms with E-state index in [1.54, 1.807) is 6.92 Å². The third-order valence-electron chi connectivity index (χ3n) is 4.57. The molecular weight excluding hydrogens is 412 g/mol. The van der Waals surface area contributed by atoms with Crippen LogP contribution in [0, 0.1) is 13.8 Å². The molecule has 4 aromatic rings. The first-order valence-electron chi connectivity index (χ1n) is 9.64. The van der Waals surface area contributed by atoms with Crippen LogP contribution in [-0.4, -0.2) is 37.4 Å². The van der Waals surface area contributed by atoms with Crippen LogP contribution in [0.4, 0.5) is 5.82 Å². The van der Waals surface area contributed by atoms with Crippen LogP contribution in [0.15, 0.2) is 58.3 Å². The standard InChI is InChI=1S/C21H20N8O3/c1-13-6-8-15(9-7-13)12-31-17-5-3-4-16(10-17)11-23-25-21(30)18-14(2)29(28-24-18)20-19(22)26-32-27-20/h3-11H,12H2,1-2H3,(H2,22,26)(H,25,30)/b23-11+. The predicted octanol–water partition coefficient (Wildman–Crippen LogP) is 2.19. The number of ether oxygens (including phenoxy) is 1. The summed E-state index contributed by atoms with van der Waals surface area (Å²) in [6, 6.07) is 15.5. The Hall–Kier alpha value is -4.54. The summed E-state index contributed by atoms with van der Waals surface area (Å²) in [5.74, 6) is 0.345. The average molecular weight is 432 g/mol. The third-order valence-corrected chi connectivity index (χ3v) is 4.57. The topological polar surface area (TPSA) is 146 Å². The molecule has 0 aliphatic rings. The maximum absolute atomic E-state index is 12.4. The summed E-state index contributed by atoms with van der Waals surface area (Å²) in [6.45, 7) is 4.14. The number of anilines is 1. The molecule has 2 heterocycles. The van der Waals surface area contributed by atoms with Crippen molar-refractivity contribution in [1.82, 2.24) is 30.7 Å². The Kier molecular flexibility index (Phi) is 5.88. The van der Waals surface area contributed by atoms with Crippen LogP contribution in [0.25, 0.3) is 5.82 Å². The van der Waals surface area contributed by atoms with Gasteiger partial charge in [0.05, 0.1) is 11.9 Å². The SMILES string of the molecule is Cc1ccc(COc2cccc(/C=N/NC(=O)c3nnn(-c4nonc4N)c3C)c2)cc1. The monoisotopic (exact) mass is 432 g/mol. The van der Waals surface area contributed by atoms with E-state index in [4.69, 9.17) is 10.5 Å². The highest BCUT2D eigenvalue weighted by atomic mass is 16.6. The van der Waals surface area contributed by atoms with Gasteiger partial charge in [0.2, 0.25) is 11.6 Å². The van der Waals surface area contributed by atoms with Gasteiger partial charge in [0.1, 0.15) is 12.4 Å². The van der Waals surface area contributed by atoms with E-state index in [0.29, 0.717) is 18.1 Å². The minimum Gasteiger partial charge on any atom is -0.489 e. The van der Waals surface area contributed by atoms with Crippen LogP contribution < -0.4 is 15.9 Å². The van der Waals surface area contributed by atoms with Crippen molar-refractivity contribution in [1.29, 1.82) is 0 Å². The number of nitrogen functional groups attached to an aromatic ring is 1. The molecule has 0 radical (unpaired) electrons. The van der Waals surface area contributed by atoms with Crippen molar-refractivity contribution in [3.63, 3.8) is 0 Å².